The van der Waals surface area contributed by atoms with Crippen LogP contribution >= 0.6 is 0 Å². The number of amides is 2. The van der Waals surface area contributed by atoms with Crippen LogP contribution in [0.25, 0.3) is 0 Å². The highest BCUT2D eigenvalue weighted by Gasteiger charge is 2.41. The van der Waals surface area contributed by atoms with Gasteiger partial charge in [0.2, 0.25) is 0 Å². The molecule has 0 fully saturated rings. The fourth-order valence-corrected chi connectivity index (χ4v) is 3.53. The first-order valence-corrected chi connectivity index (χ1v) is 9.31. The van der Waals surface area contributed by atoms with E-state index in [1.165, 1.54) is 6.92 Å². The van der Waals surface area contributed by atoms with Crippen LogP contribution in [0.15, 0.2) is 23.3 Å². The molecule has 0 atom stereocenters. The molecule has 8 heteroatoms. The number of hydrogen-bond acceptors (Lipinski definition) is 5. The van der Waals surface area contributed by atoms with Crippen LogP contribution in [0.3, 0.4) is 0 Å². The van der Waals surface area contributed by atoms with Crippen molar-refractivity contribution in [2.75, 3.05) is 11.2 Å². The fraction of sp³-hybridized carbons (Fsp3) is 0.375. The second-order valence-corrected chi connectivity index (χ2v) is 7.54. The lowest BCUT2D eigenvalue weighted by Crippen LogP contribution is -2.32. The summed E-state index contributed by atoms with van der Waals surface area (Å²) >= 11 is 0. The van der Waals surface area contributed by atoms with Crippen molar-refractivity contribution in [2.24, 2.45) is 0 Å². The predicted octanol–water partition coefficient (Wildman–Crippen LogP) is 2.22. The van der Waals surface area contributed by atoms with Gasteiger partial charge in [-0.2, -0.15) is 8.42 Å². The maximum Gasteiger partial charge on any atom is 0.306 e. The van der Waals surface area contributed by atoms with Crippen molar-refractivity contribution < 1.29 is 26.6 Å². The molecule has 0 saturated carbocycles. The lowest BCUT2D eigenvalue weighted by atomic mass is 9.93. The Labute approximate surface area is 139 Å². The predicted molar refractivity (Wildman–Crippen MR) is 84.6 cm³/mol. The van der Waals surface area contributed by atoms with Gasteiger partial charge in [0.15, 0.2) is 0 Å². The number of aryl methyl sites for hydroxylation is 1. The Balaban J connectivity index is 2.05. The summed E-state index contributed by atoms with van der Waals surface area (Å²) in [7, 11) is -3.82. The lowest BCUT2D eigenvalue weighted by Gasteiger charge is -2.18. The molecule has 1 aliphatic carbocycles. The summed E-state index contributed by atoms with van der Waals surface area (Å²) in [6.45, 7) is 1.48. The van der Waals surface area contributed by atoms with E-state index in [4.69, 9.17) is 4.18 Å². The Morgan fingerprint density at radius 1 is 1.08 bits per heavy atom. The van der Waals surface area contributed by atoms with Crippen molar-refractivity contribution in [2.45, 2.75) is 32.6 Å². The lowest BCUT2D eigenvalue weighted by molar-refractivity contribution is -0.120. The zero-order valence-corrected chi connectivity index (χ0v) is 14.1. The molecule has 1 heterocycles. The number of carbonyl (C=O) groups excluding carboxylic acids is 2. The van der Waals surface area contributed by atoms with Gasteiger partial charge in [-0.05, 0) is 44.2 Å². The zero-order valence-electron chi connectivity index (χ0n) is 13.3. The summed E-state index contributed by atoms with van der Waals surface area (Å²) in [6, 6.07) is 2.13. The second kappa shape index (κ2) is 5.70. The molecule has 0 unspecified atom stereocenters. The summed E-state index contributed by atoms with van der Waals surface area (Å²) in [4.78, 5) is 25.8. The summed E-state index contributed by atoms with van der Waals surface area (Å²) in [5.74, 6) is -1.97. The monoisotopic (exact) mass is 353 g/mol. The molecule has 128 valence electrons. The van der Waals surface area contributed by atoms with Crippen molar-refractivity contribution in [1.82, 2.24) is 0 Å². The van der Waals surface area contributed by atoms with E-state index in [1.807, 2.05) is 0 Å². The summed E-state index contributed by atoms with van der Waals surface area (Å²) < 4.78 is 41.9. The van der Waals surface area contributed by atoms with Gasteiger partial charge in [-0.25, -0.2) is 9.29 Å². The van der Waals surface area contributed by atoms with Crippen LogP contribution in [0.5, 0.6) is 5.75 Å². The van der Waals surface area contributed by atoms with E-state index in [1.54, 1.807) is 0 Å². The van der Waals surface area contributed by atoms with Gasteiger partial charge in [0.25, 0.3) is 11.8 Å². The Kier molecular flexibility index (Phi) is 3.95. The number of rotatable bonds is 3. The minimum absolute atomic E-state index is 0.112. The molecule has 1 aromatic rings. The quantitative estimate of drug-likeness (QED) is 0.615. The molecular formula is C16H16FNO5S. The summed E-state index contributed by atoms with van der Waals surface area (Å²) in [6.07, 6.45) is 3.48. The Hall–Kier alpha value is -2.22. The SMILES string of the molecule is Cc1cc(F)c(N2C(=O)C3=C(CCCC3)C2=O)cc1OS(C)(=O)=O. The van der Waals surface area contributed by atoms with E-state index in [-0.39, 0.29) is 17.0 Å². The number of carbonyl (C=O) groups is 2. The molecule has 1 aromatic carbocycles. The van der Waals surface area contributed by atoms with Crippen molar-refractivity contribution in [3.8, 4) is 5.75 Å². The Morgan fingerprint density at radius 2 is 1.62 bits per heavy atom. The van der Waals surface area contributed by atoms with Crippen LogP contribution in [0, 0.1) is 12.7 Å². The zero-order chi connectivity index (χ0) is 17.6. The molecule has 0 radical (unpaired) electrons. The van der Waals surface area contributed by atoms with E-state index >= 15 is 0 Å². The van der Waals surface area contributed by atoms with Gasteiger partial charge < -0.3 is 4.18 Å². The number of anilines is 1. The van der Waals surface area contributed by atoms with Crippen LogP contribution in [0.2, 0.25) is 0 Å². The largest absolute Gasteiger partial charge is 0.382 e. The van der Waals surface area contributed by atoms with Crippen LogP contribution in [-0.2, 0) is 19.7 Å². The minimum Gasteiger partial charge on any atom is -0.382 e. The maximum absolute atomic E-state index is 14.4. The topological polar surface area (TPSA) is 80.8 Å². The van der Waals surface area contributed by atoms with Gasteiger partial charge in [0, 0.05) is 17.2 Å². The normalized spacial score (nSPS) is 18.2. The van der Waals surface area contributed by atoms with Gasteiger partial charge in [-0.15, -0.1) is 0 Å². The molecule has 24 heavy (non-hydrogen) atoms. The highest BCUT2D eigenvalue weighted by atomic mass is 32.2. The molecule has 0 saturated heterocycles. The average Bonchev–Trinajstić information content (AvgIpc) is 2.74. The third-order valence-corrected chi connectivity index (χ3v) is 4.60. The molecule has 0 spiro atoms. The number of benzene rings is 1. The average molecular weight is 353 g/mol. The third-order valence-electron chi connectivity index (χ3n) is 4.12. The Morgan fingerprint density at radius 3 is 2.12 bits per heavy atom. The molecule has 2 aliphatic rings. The minimum atomic E-state index is -3.82. The van der Waals surface area contributed by atoms with Crippen molar-refractivity contribution in [3.05, 3.63) is 34.7 Å². The molecule has 0 aromatic heterocycles. The fourth-order valence-electron chi connectivity index (χ4n) is 3.02. The van der Waals surface area contributed by atoms with Crippen molar-refractivity contribution >= 4 is 27.6 Å². The molecule has 6 nitrogen and oxygen atoms in total. The molecule has 3 rings (SSSR count). The molecule has 0 N–H and O–H groups in total. The van der Waals surface area contributed by atoms with Crippen LogP contribution in [0.1, 0.15) is 31.2 Å². The van der Waals surface area contributed by atoms with E-state index in [0.717, 1.165) is 36.1 Å². The van der Waals surface area contributed by atoms with Gasteiger partial charge in [0.1, 0.15) is 11.6 Å². The maximum atomic E-state index is 14.4. The first-order valence-electron chi connectivity index (χ1n) is 7.49. The van der Waals surface area contributed by atoms with Gasteiger partial charge >= 0.3 is 10.1 Å². The molecule has 2 amide bonds. The van der Waals surface area contributed by atoms with E-state index in [0.29, 0.717) is 24.0 Å². The highest BCUT2D eigenvalue weighted by molar-refractivity contribution is 7.86. The van der Waals surface area contributed by atoms with Gasteiger partial charge in [0.05, 0.1) is 11.9 Å². The Bertz CT molecular complexity index is 860. The summed E-state index contributed by atoms with van der Waals surface area (Å²) in [5, 5.41) is 0. The van der Waals surface area contributed by atoms with E-state index in [2.05, 4.69) is 0 Å². The van der Waals surface area contributed by atoms with Gasteiger partial charge in [-0.3, -0.25) is 9.59 Å². The number of imide groups is 1. The van der Waals surface area contributed by atoms with Gasteiger partial charge in [-0.1, -0.05) is 0 Å². The molecule has 1 aliphatic heterocycles. The third kappa shape index (κ3) is 2.82. The van der Waals surface area contributed by atoms with Crippen LogP contribution in [0.4, 0.5) is 10.1 Å². The van der Waals surface area contributed by atoms with E-state index < -0.39 is 27.7 Å². The first-order chi connectivity index (χ1) is 11.2. The molecular weight excluding hydrogens is 337 g/mol. The first kappa shape index (κ1) is 16.6. The van der Waals surface area contributed by atoms with Crippen molar-refractivity contribution in [3.63, 3.8) is 0 Å². The second-order valence-electron chi connectivity index (χ2n) is 5.97. The summed E-state index contributed by atoms with van der Waals surface area (Å²) in [5.41, 5.74) is 0.816. The standard InChI is InChI=1S/C16H16FNO5S/c1-9-7-12(17)13(8-14(9)23-24(2,21)22)18-15(19)10-5-3-4-6-11(10)16(18)20/h7-8H,3-6H2,1-2H3. The van der Waals surface area contributed by atoms with Crippen LogP contribution < -0.4 is 9.08 Å². The number of hydrogen-bond donors (Lipinski definition) is 0. The van der Waals surface area contributed by atoms with Crippen molar-refractivity contribution in [1.29, 1.82) is 0 Å². The smallest absolute Gasteiger partial charge is 0.306 e. The van der Waals surface area contributed by atoms with E-state index in [9.17, 15) is 22.4 Å². The highest BCUT2D eigenvalue weighted by Crippen LogP contribution is 2.38. The number of nitrogens with zero attached hydrogens (tertiary/aromatic N) is 1. The molecule has 0 bridgehead atoms. The number of halogens is 1. The van der Waals surface area contributed by atoms with Crippen LogP contribution in [-0.4, -0.2) is 26.5 Å².